The Bertz CT molecular complexity index is 607. The molecular formula is C20H32N4OS. The molecule has 1 N–H and O–H groups in total. The van der Waals surface area contributed by atoms with Gasteiger partial charge in [-0.05, 0) is 62.1 Å². The van der Waals surface area contributed by atoms with Crippen LogP contribution in [0.2, 0.25) is 0 Å². The van der Waals surface area contributed by atoms with Crippen molar-refractivity contribution < 1.29 is 4.79 Å². The molecule has 2 fully saturated rings. The number of nitrogens with zero attached hydrogens (tertiary/aromatic N) is 3. The van der Waals surface area contributed by atoms with Crippen LogP contribution >= 0.6 is 11.9 Å². The van der Waals surface area contributed by atoms with Crippen molar-refractivity contribution in [2.45, 2.75) is 56.9 Å². The van der Waals surface area contributed by atoms with Crippen LogP contribution in [0.15, 0.2) is 29.8 Å². The zero-order valence-corrected chi connectivity index (χ0v) is 16.9. The fourth-order valence-corrected chi connectivity index (χ4v) is 5.03. The van der Waals surface area contributed by atoms with Crippen LogP contribution in [0.3, 0.4) is 0 Å². The van der Waals surface area contributed by atoms with E-state index in [1.165, 1.54) is 25.7 Å². The highest BCUT2D eigenvalue weighted by atomic mass is 32.2. The number of amides is 1. The summed E-state index contributed by atoms with van der Waals surface area (Å²) in [7, 11) is 1.98. The van der Waals surface area contributed by atoms with E-state index >= 15 is 0 Å². The number of allylic oxidation sites excluding steroid dienone is 1. The number of aromatic nitrogens is 2. The molecule has 0 radical (unpaired) electrons. The Morgan fingerprint density at radius 3 is 2.73 bits per heavy atom. The van der Waals surface area contributed by atoms with Crippen LogP contribution < -0.4 is 5.32 Å². The van der Waals surface area contributed by atoms with E-state index in [1.807, 2.05) is 30.3 Å². The molecule has 1 saturated heterocycles. The van der Waals surface area contributed by atoms with E-state index in [-0.39, 0.29) is 11.8 Å². The molecule has 3 rings (SSSR count). The van der Waals surface area contributed by atoms with Gasteiger partial charge in [0.2, 0.25) is 5.91 Å². The molecule has 1 amide bonds. The number of imidazole rings is 1. The fraction of sp³-hybridized carbons (Fsp3) is 0.700. The maximum Gasteiger partial charge on any atom is 0.227 e. The van der Waals surface area contributed by atoms with Crippen molar-refractivity contribution >= 4 is 17.9 Å². The van der Waals surface area contributed by atoms with Crippen molar-refractivity contribution in [3.8, 4) is 0 Å². The number of hydrogen-bond donors (Lipinski definition) is 1. The van der Waals surface area contributed by atoms with E-state index in [2.05, 4.69) is 27.6 Å². The van der Waals surface area contributed by atoms with Gasteiger partial charge in [0.1, 0.15) is 5.03 Å². The first-order valence-corrected chi connectivity index (χ1v) is 10.8. The molecule has 1 aliphatic heterocycles. The molecule has 1 saturated carbocycles. The summed E-state index contributed by atoms with van der Waals surface area (Å²) in [5, 5.41) is 4.03. The third kappa shape index (κ3) is 5.61. The SMILES string of the molecule is CCC1CCC(C/C=C\NC(=O)C2CCN(Sc3cn(C)cn3)CC2)C1. The Morgan fingerprint density at radius 2 is 2.08 bits per heavy atom. The Labute approximate surface area is 161 Å². The van der Waals surface area contributed by atoms with Crippen LogP contribution in [0.1, 0.15) is 51.9 Å². The average Bonchev–Trinajstić information content (AvgIpc) is 3.28. The predicted molar refractivity (Wildman–Crippen MR) is 106 cm³/mol. The maximum atomic E-state index is 12.4. The Hall–Kier alpha value is -1.27. The van der Waals surface area contributed by atoms with E-state index < -0.39 is 0 Å². The molecule has 1 aromatic heterocycles. The predicted octanol–water partition coefficient (Wildman–Crippen LogP) is 3.99. The van der Waals surface area contributed by atoms with Crippen molar-refractivity contribution in [2.75, 3.05) is 13.1 Å². The lowest BCUT2D eigenvalue weighted by Crippen LogP contribution is -2.36. The van der Waals surface area contributed by atoms with E-state index in [9.17, 15) is 4.79 Å². The zero-order valence-electron chi connectivity index (χ0n) is 16.1. The van der Waals surface area contributed by atoms with Gasteiger partial charge in [-0.15, -0.1) is 0 Å². The van der Waals surface area contributed by atoms with Gasteiger partial charge in [0.25, 0.3) is 0 Å². The lowest BCUT2D eigenvalue weighted by Gasteiger charge is -2.29. The van der Waals surface area contributed by atoms with Crippen LogP contribution in [0.25, 0.3) is 0 Å². The van der Waals surface area contributed by atoms with Gasteiger partial charge < -0.3 is 9.88 Å². The van der Waals surface area contributed by atoms with Crippen LogP contribution in [-0.2, 0) is 11.8 Å². The summed E-state index contributed by atoms with van der Waals surface area (Å²) in [4.78, 5) is 16.7. The first-order chi connectivity index (χ1) is 12.6. The number of rotatable bonds is 7. The van der Waals surface area contributed by atoms with Gasteiger partial charge in [0, 0.05) is 32.3 Å². The van der Waals surface area contributed by atoms with Crippen LogP contribution in [-0.4, -0.2) is 32.9 Å². The van der Waals surface area contributed by atoms with Crippen LogP contribution in [0, 0.1) is 17.8 Å². The molecule has 2 heterocycles. The summed E-state index contributed by atoms with van der Waals surface area (Å²) < 4.78 is 4.27. The van der Waals surface area contributed by atoms with Gasteiger partial charge >= 0.3 is 0 Å². The molecule has 0 aromatic carbocycles. The topological polar surface area (TPSA) is 50.2 Å². The highest BCUT2D eigenvalue weighted by Crippen LogP contribution is 2.34. The molecule has 26 heavy (non-hydrogen) atoms. The summed E-state index contributed by atoms with van der Waals surface area (Å²) in [5.41, 5.74) is 0. The second-order valence-corrected chi connectivity index (χ2v) is 8.89. The van der Waals surface area contributed by atoms with Crippen LogP contribution in [0.5, 0.6) is 0 Å². The third-order valence-corrected chi connectivity index (χ3v) is 6.79. The summed E-state index contributed by atoms with van der Waals surface area (Å²) in [5.74, 6) is 2.06. The Kier molecular flexibility index (Phi) is 7.20. The highest BCUT2D eigenvalue weighted by molar-refractivity contribution is 7.97. The molecule has 144 valence electrons. The van der Waals surface area contributed by atoms with E-state index in [1.54, 1.807) is 11.9 Å². The standard InChI is InChI=1S/C20H32N4OS/c1-3-16-6-7-17(13-16)5-4-10-21-20(25)18-8-11-24(12-9-18)26-19-14-23(2)15-22-19/h4,10,14-18H,3,5-9,11-13H2,1-2H3,(H,21,25)/b10-4-. The number of carbonyl (C=O) groups excluding carboxylic acids is 1. The monoisotopic (exact) mass is 376 g/mol. The molecule has 0 spiro atoms. The van der Waals surface area contributed by atoms with Gasteiger partial charge in [0.05, 0.1) is 6.33 Å². The third-order valence-electron chi connectivity index (χ3n) is 5.77. The van der Waals surface area contributed by atoms with Crippen molar-refractivity contribution in [1.29, 1.82) is 0 Å². The lowest BCUT2D eigenvalue weighted by molar-refractivity contribution is -0.125. The Morgan fingerprint density at radius 1 is 1.31 bits per heavy atom. The van der Waals surface area contributed by atoms with Crippen molar-refractivity contribution in [2.24, 2.45) is 24.8 Å². The van der Waals surface area contributed by atoms with E-state index in [4.69, 9.17) is 0 Å². The van der Waals surface area contributed by atoms with Gasteiger partial charge in [0.15, 0.2) is 0 Å². The number of carbonyl (C=O) groups is 1. The van der Waals surface area contributed by atoms with Crippen molar-refractivity contribution in [1.82, 2.24) is 19.2 Å². The quantitative estimate of drug-likeness (QED) is 0.731. The normalized spacial score (nSPS) is 25.2. The van der Waals surface area contributed by atoms with Gasteiger partial charge in [-0.3, -0.25) is 4.79 Å². The fourth-order valence-electron chi connectivity index (χ4n) is 4.06. The minimum Gasteiger partial charge on any atom is -0.339 e. The minimum atomic E-state index is 0.135. The van der Waals surface area contributed by atoms with Gasteiger partial charge in [-0.1, -0.05) is 25.8 Å². The van der Waals surface area contributed by atoms with Gasteiger partial charge in [-0.25, -0.2) is 9.29 Å². The molecule has 1 aromatic rings. The van der Waals surface area contributed by atoms with Gasteiger partial charge in [-0.2, -0.15) is 0 Å². The smallest absolute Gasteiger partial charge is 0.227 e. The second kappa shape index (κ2) is 9.60. The Balaban J connectivity index is 1.32. The van der Waals surface area contributed by atoms with E-state index in [0.29, 0.717) is 0 Å². The molecule has 1 aliphatic carbocycles. The summed E-state index contributed by atoms with van der Waals surface area (Å²) >= 11 is 1.69. The van der Waals surface area contributed by atoms with E-state index in [0.717, 1.165) is 49.2 Å². The maximum absolute atomic E-state index is 12.4. The number of aryl methyl sites for hydroxylation is 1. The molecule has 2 unspecified atom stereocenters. The molecular weight excluding hydrogens is 344 g/mol. The van der Waals surface area contributed by atoms with Crippen LogP contribution in [0.4, 0.5) is 0 Å². The number of hydrogen-bond acceptors (Lipinski definition) is 4. The number of piperidine rings is 1. The molecule has 2 aliphatic rings. The zero-order chi connectivity index (χ0) is 18.4. The first kappa shape index (κ1) is 19.5. The molecule has 0 bridgehead atoms. The second-order valence-electron chi connectivity index (χ2n) is 7.77. The lowest BCUT2D eigenvalue weighted by atomic mass is 9.97. The van der Waals surface area contributed by atoms with Crippen molar-refractivity contribution in [3.05, 3.63) is 24.8 Å². The molecule has 2 atom stereocenters. The molecule has 5 nitrogen and oxygen atoms in total. The summed E-state index contributed by atoms with van der Waals surface area (Å²) in [6.07, 6.45) is 16.2. The highest BCUT2D eigenvalue weighted by Gasteiger charge is 2.25. The summed E-state index contributed by atoms with van der Waals surface area (Å²) in [6.45, 7) is 4.16. The first-order valence-electron chi connectivity index (χ1n) is 10.00. The minimum absolute atomic E-state index is 0.135. The molecule has 6 heteroatoms. The average molecular weight is 377 g/mol. The largest absolute Gasteiger partial charge is 0.339 e. The number of nitrogens with one attached hydrogen (secondary N) is 1. The van der Waals surface area contributed by atoms with Crippen molar-refractivity contribution in [3.63, 3.8) is 0 Å². The summed E-state index contributed by atoms with van der Waals surface area (Å²) in [6, 6.07) is 0.